The maximum absolute atomic E-state index is 12.3. The average molecular weight is 547 g/mol. The standard InChI is InChI=1S/C18H30N4O6S.C4H4O4/c1-12(27-13(2)23)17(24)28-14(10-19-18(3,4)5)11-26-16-15(20-29-21-16)22-6-8-25-9-7-22;5-3(6)1-2-4(7)8/h12,14,19H,6-11H2,1-5H3;1-2H,(H,5,6)(H,7,8)/b;2-1-/t12-,14+;/m1./s1. The lowest BCUT2D eigenvalue weighted by atomic mass is 10.1. The Labute approximate surface area is 218 Å². The van der Waals surface area contributed by atoms with Gasteiger partial charge in [0.2, 0.25) is 5.82 Å². The highest BCUT2D eigenvalue weighted by Gasteiger charge is 2.26. The van der Waals surface area contributed by atoms with Gasteiger partial charge in [-0.1, -0.05) is 0 Å². The number of hydrogen-bond acceptors (Lipinski definition) is 13. The molecule has 1 aromatic rings. The van der Waals surface area contributed by atoms with Crippen molar-refractivity contribution in [3.63, 3.8) is 0 Å². The van der Waals surface area contributed by atoms with Crippen molar-refractivity contribution in [1.29, 1.82) is 0 Å². The normalized spacial score (nSPS) is 15.2. The second-order valence-electron chi connectivity index (χ2n) is 8.75. The summed E-state index contributed by atoms with van der Waals surface area (Å²) in [5, 5.41) is 18.9. The molecule has 0 aromatic carbocycles. The highest BCUT2D eigenvalue weighted by atomic mass is 32.1. The van der Waals surface area contributed by atoms with E-state index in [9.17, 15) is 19.2 Å². The molecule has 2 atom stereocenters. The van der Waals surface area contributed by atoms with Crippen LogP contribution in [-0.2, 0) is 33.4 Å². The Bertz CT molecular complexity index is 909. The Balaban J connectivity index is 0.000000738. The molecule has 1 aromatic heterocycles. The number of nitrogens with one attached hydrogen (secondary N) is 1. The molecule has 1 saturated heterocycles. The minimum Gasteiger partial charge on any atom is -0.478 e. The predicted octanol–water partition coefficient (Wildman–Crippen LogP) is 0.717. The molecular formula is C22H34N4O10S. The number of carboxylic acids is 2. The smallest absolute Gasteiger partial charge is 0.347 e. The fourth-order valence-corrected chi connectivity index (χ4v) is 3.18. The van der Waals surface area contributed by atoms with E-state index in [1.165, 1.54) is 13.8 Å². The summed E-state index contributed by atoms with van der Waals surface area (Å²) in [7, 11) is 0. The first-order valence-electron chi connectivity index (χ1n) is 11.3. The topological polar surface area (TPSA) is 187 Å². The molecular weight excluding hydrogens is 512 g/mol. The third-order valence-corrected chi connectivity index (χ3v) is 4.85. The molecule has 37 heavy (non-hydrogen) atoms. The van der Waals surface area contributed by atoms with Gasteiger partial charge >= 0.3 is 23.9 Å². The van der Waals surface area contributed by atoms with E-state index in [2.05, 4.69) is 19.0 Å². The summed E-state index contributed by atoms with van der Waals surface area (Å²) in [6.07, 6.45) is -0.474. The second kappa shape index (κ2) is 15.7. The molecule has 0 bridgehead atoms. The number of morpholine rings is 1. The van der Waals surface area contributed by atoms with Crippen LogP contribution >= 0.6 is 11.7 Å². The zero-order chi connectivity index (χ0) is 28.0. The molecule has 2 heterocycles. The van der Waals surface area contributed by atoms with E-state index in [1.54, 1.807) is 0 Å². The fraction of sp³-hybridized carbons (Fsp3) is 0.636. The lowest BCUT2D eigenvalue weighted by Crippen LogP contribution is -2.45. The summed E-state index contributed by atoms with van der Waals surface area (Å²) in [6, 6.07) is 0. The van der Waals surface area contributed by atoms with Crippen molar-refractivity contribution in [3.05, 3.63) is 12.2 Å². The van der Waals surface area contributed by atoms with Crippen molar-refractivity contribution in [2.75, 3.05) is 44.4 Å². The van der Waals surface area contributed by atoms with Crippen LogP contribution in [0.15, 0.2) is 12.2 Å². The molecule has 15 heteroatoms. The first-order chi connectivity index (χ1) is 17.3. The van der Waals surface area contributed by atoms with Crippen LogP contribution in [0.3, 0.4) is 0 Å². The number of carbonyl (C=O) groups is 4. The molecule has 1 aliphatic heterocycles. The van der Waals surface area contributed by atoms with Gasteiger partial charge in [-0.25, -0.2) is 14.4 Å². The Morgan fingerprint density at radius 2 is 1.70 bits per heavy atom. The van der Waals surface area contributed by atoms with Gasteiger partial charge in [0, 0.05) is 44.2 Å². The van der Waals surface area contributed by atoms with Gasteiger partial charge in [-0.3, -0.25) is 4.79 Å². The van der Waals surface area contributed by atoms with E-state index in [0.717, 1.165) is 11.7 Å². The number of anilines is 1. The van der Waals surface area contributed by atoms with Crippen molar-refractivity contribution in [1.82, 2.24) is 14.1 Å². The molecule has 0 saturated carbocycles. The van der Waals surface area contributed by atoms with E-state index >= 15 is 0 Å². The summed E-state index contributed by atoms with van der Waals surface area (Å²) >= 11 is 1.07. The lowest BCUT2D eigenvalue weighted by Gasteiger charge is -2.28. The monoisotopic (exact) mass is 546 g/mol. The molecule has 1 aliphatic rings. The molecule has 0 unspecified atom stereocenters. The minimum atomic E-state index is -1.26. The fourth-order valence-electron chi connectivity index (χ4n) is 2.66. The number of ether oxygens (including phenoxy) is 4. The van der Waals surface area contributed by atoms with Gasteiger partial charge < -0.3 is 39.4 Å². The first kappa shape index (κ1) is 31.7. The van der Waals surface area contributed by atoms with Crippen molar-refractivity contribution < 1.29 is 48.3 Å². The molecule has 0 spiro atoms. The lowest BCUT2D eigenvalue weighted by molar-refractivity contribution is -0.170. The molecule has 208 valence electrons. The number of carbonyl (C=O) groups excluding carboxylic acids is 2. The van der Waals surface area contributed by atoms with E-state index in [1.807, 2.05) is 20.8 Å². The number of aliphatic carboxylic acids is 2. The van der Waals surface area contributed by atoms with Crippen LogP contribution in [0.4, 0.5) is 5.82 Å². The number of rotatable bonds is 11. The van der Waals surface area contributed by atoms with E-state index in [-0.39, 0.29) is 12.1 Å². The zero-order valence-electron chi connectivity index (χ0n) is 21.5. The van der Waals surface area contributed by atoms with Crippen LogP contribution in [0.1, 0.15) is 34.6 Å². The Kier molecular flexibility index (Phi) is 13.5. The maximum Gasteiger partial charge on any atom is 0.347 e. The van der Waals surface area contributed by atoms with Gasteiger partial charge in [-0.05, 0) is 27.7 Å². The van der Waals surface area contributed by atoms with Crippen molar-refractivity contribution >= 4 is 41.4 Å². The highest BCUT2D eigenvalue weighted by Crippen LogP contribution is 2.26. The van der Waals surface area contributed by atoms with Crippen molar-refractivity contribution in [2.45, 2.75) is 52.4 Å². The van der Waals surface area contributed by atoms with Crippen LogP contribution in [-0.4, -0.2) is 100 Å². The molecule has 0 aliphatic carbocycles. The van der Waals surface area contributed by atoms with Crippen LogP contribution in [0, 0.1) is 0 Å². The van der Waals surface area contributed by atoms with Crippen LogP contribution in [0.2, 0.25) is 0 Å². The van der Waals surface area contributed by atoms with Gasteiger partial charge in [-0.2, -0.15) is 4.37 Å². The van der Waals surface area contributed by atoms with Crippen LogP contribution < -0.4 is 15.0 Å². The van der Waals surface area contributed by atoms with Crippen molar-refractivity contribution in [2.24, 2.45) is 0 Å². The molecule has 2 rings (SSSR count). The third kappa shape index (κ3) is 14.1. The van der Waals surface area contributed by atoms with Crippen LogP contribution in [0.5, 0.6) is 5.88 Å². The van der Waals surface area contributed by atoms with Gasteiger partial charge in [0.15, 0.2) is 6.10 Å². The Morgan fingerprint density at radius 3 is 2.22 bits per heavy atom. The number of nitrogens with zero attached hydrogens (tertiary/aromatic N) is 3. The second-order valence-corrected chi connectivity index (χ2v) is 9.28. The molecule has 0 amide bonds. The molecule has 0 radical (unpaired) electrons. The third-order valence-electron chi connectivity index (χ3n) is 4.34. The SMILES string of the molecule is CC(=O)O[C@H](C)C(=O)O[C@@H](CNC(C)(C)C)COc1nsnc1N1CCOCC1.O=C(O)/C=C\C(=O)O. The number of esters is 2. The molecule has 14 nitrogen and oxygen atoms in total. The molecule has 3 N–H and O–H groups in total. The first-order valence-corrected chi connectivity index (χ1v) is 12.1. The van der Waals surface area contributed by atoms with E-state index in [4.69, 9.17) is 29.2 Å². The number of carboxylic acid groups (broad SMARTS) is 2. The summed E-state index contributed by atoms with van der Waals surface area (Å²) in [6.45, 7) is 11.9. The Morgan fingerprint density at radius 1 is 1.11 bits per heavy atom. The maximum atomic E-state index is 12.3. The van der Waals surface area contributed by atoms with E-state index < -0.39 is 36.1 Å². The van der Waals surface area contributed by atoms with Gasteiger partial charge in [0.1, 0.15) is 12.7 Å². The summed E-state index contributed by atoms with van der Waals surface area (Å²) in [5.41, 5.74) is -0.173. The minimum absolute atomic E-state index is 0.0877. The van der Waals surface area contributed by atoms with E-state index in [0.29, 0.717) is 56.7 Å². The average Bonchev–Trinajstić information content (AvgIpc) is 3.28. The van der Waals surface area contributed by atoms with Gasteiger partial charge in [0.05, 0.1) is 24.9 Å². The number of hydrogen-bond donors (Lipinski definition) is 3. The van der Waals surface area contributed by atoms with Crippen molar-refractivity contribution in [3.8, 4) is 5.88 Å². The van der Waals surface area contributed by atoms with Crippen LogP contribution in [0.25, 0.3) is 0 Å². The summed E-state index contributed by atoms with van der Waals surface area (Å²) in [4.78, 5) is 44.5. The number of aromatic nitrogens is 2. The van der Waals surface area contributed by atoms with Gasteiger partial charge in [-0.15, -0.1) is 4.37 Å². The largest absolute Gasteiger partial charge is 0.478 e. The zero-order valence-corrected chi connectivity index (χ0v) is 22.3. The summed E-state index contributed by atoms with van der Waals surface area (Å²) < 4.78 is 30.2. The van der Waals surface area contributed by atoms with Gasteiger partial charge in [0.25, 0.3) is 5.88 Å². The molecule has 1 fully saturated rings. The predicted molar refractivity (Wildman–Crippen MR) is 132 cm³/mol. The summed E-state index contributed by atoms with van der Waals surface area (Å²) in [5.74, 6) is -2.62. The quantitative estimate of drug-likeness (QED) is 0.260. The highest BCUT2D eigenvalue weighted by molar-refractivity contribution is 6.99. The Hall–Kier alpha value is -3.30.